The van der Waals surface area contributed by atoms with Gasteiger partial charge in [-0.15, -0.1) is 0 Å². The Morgan fingerprint density at radius 2 is 2.00 bits per heavy atom. The molecule has 0 unspecified atom stereocenters. The molecule has 138 valence electrons. The van der Waals surface area contributed by atoms with Gasteiger partial charge in [-0.1, -0.05) is 0 Å². The first-order chi connectivity index (χ1) is 12.3. The number of rotatable bonds is 7. The van der Waals surface area contributed by atoms with Gasteiger partial charge in [0.2, 0.25) is 10.0 Å². The molecule has 2 aromatic rings. The van der Waals surface area contributed by atoms with Crippen LogP contribution < -0.4 is 5.73 Å². The normalized spacial score (nSPS) is 14.6. The lowest BCUT2D eigenvalue weighted by Gasteiger charge is -2.18. The maximum atomic E-state index is 12.9. The number of sulfonamides is 1. The summed E-state index contributed by atoms with van der Waals surface area (Å²) in [6, 6.07) is 5.05. The van der Waals surface area contributed by atoms with E-state index >= 15 is 0 Å². The molecule has 2 heterocycles. The van der Waals surface area contributed by atoms with E-state index in [2.05, 4.69) is 9.97 Å². The number of hydrogen-bond donors (Lipinski definition) is 1. The number of nitrogen functional groups attached to an aromatic ring is 1. The summed E-state index contributed by atoms with van der Waals surface area (Å²) in [5.41, 5.74) is 7.84. The van der Waals surface area contributed by atoms with E-state index in [0.717, 1.165) is 18.4 Å². The second-order valence-corrected chi connectivity index (χ2v) is 8.76. The summed E-state index contributed by atoms with van der Waals surface area (Å²) in [6.07, 6.45) is 5.47. The number of anilines is 1. The Kier molecular flexibility index (Phi) is 5.06. The van der Waals surface area contributed by atoms with Crippen molar-refractivity contribution in [3.63, 3.8) is 0 Å². The van der Waals surface area contributed by atoms with Gasteiger partial charge in [0.05, 0.1) is 0 Å². The van der Waals surface area contributed by atoms with Gasteiger partial charge >= 0.3 is 0 Å². The van der Waals surface area contributed by atoms with Gasteiger partial charge in [-0.2, -0.15) is 0 Å². The van der Waals surface area contributed by atoms with Gasteiger partial charge in [-0.25, -0.2) is 17.7 Å². The van der Waals surface area contributed by atoms with Gasteiger partial charge < -0.3 is 5.73 Å². The molecule has 0 radical (unpaired) electrons. The Balaban J connectivity index is 1.96. The minimum atomic E-state index is -3.71. The standard InChI is InChI=1S/C18H22N4O3S/c1-12(23)7-16-8-14(5-6-20-16)15-9-17(18(19)21-10-15)26(24,25)22(2)11-13-3-4-13/h5-6,8-10,13H,3-4,7,11H2,1-2H3,(H2,19,21). The highest BCUT2D eigenvalue weighted by molar-refractivity contribution is 7.89. The van der Waals surface area contributed by atoms with Crippen molar-refractivity contribution in [3.8, 4) is 11.1 Å². The van der Waals surface area contributed by atoms with E-state index in [1.807, 2.05) is 0 Å². The molecule has 0 bridgehead atoms. The molecular formula is C18H22N4O3S. The number of carbonyl (C=O) groups is 1. The number of ketones is 1. The molecule has 7 nitrogen and oxygen atoms in total. The van der Waals surface area contributed by atoms with E-state index in [9.17, 15) is 13.2 Å². The number of nitrogens with zero attached hydrogens (tertiary/aromatic N) is 3. The van der Waals surface area contributed by atoms with E-state index in [-0.39, 0.29) is 22.9 Å². The number of pyridine rings is 2. The first-order valence-electron chi connectivity index (χ1n) is 8.44. The van der Waals surface area contributed by atoms with Crippen molar-refractivity contribution in [1.82, 2.24) is 14.3 Å². The fourth-order valence-electron chi connectivity index (χ4n) is 2.76. The summed E-state index contributed by atoms with van der Waals surface area (Å²) in [7, 11) is -2.14. The first kappa shape index (κ1) is 18.5. The Morgan fingerprint density at radius 1 is 1.27 bits per heavy atom. The summed E-state index contributed by atoms with van der Waals surface area (Å²) < 4.78 is 27.1. The zero-order valence-corrected chi connectivity index (χ0v) is 15.7. The Bertz CT molecular complexity index is 939. The van der Waals surface area contributed by atoms with Crippen molar-refractivity contribution in [1.29, 1.82) is 0 Å². The molecule has 0 aromatic carbocycles. The third-order valence-electron chi connectivity index (χ3n) is 4.36. The topological polar surface area (TPSA) is 106 Å². The van der Waals surface area contributed by atoms with Gasteiger partial charge in [-0.05, 0) is 49.4 Å². The Labute approximate surface area is 153 Å². The summed E-state index contributed by atoms with van der Waals surface area (Å²) in [4.78, 5) is 19.6. The average molecular weight is 374 g/mol. The highest BCUT2D eigenvalue weighted by Crippen LogP contribution is 2.32. The van der Waals surface area contributed by atoms with Crippen LogP contribution in [0.25, 0.3) is 11.1 Å². The molecule has 1 aliphatic rings. The van der Waals surface area contributed by atoms with Gasteiger partial charge in [0, 0.05) is 43.7 Å². The van der Waals surface area contributed by atoms with E-state index < -0.39 is 10.0 Å². The second-order valence-electron chi connectivity index (χ2n) is 6.75. The van der Waals surface area contributed by atoms with E-state index in [4.69, 9.17) is 5.73 Å². The zero-order chi connectivity index (χ0) is 18.9. The van der Waals surface area contributed by atoms with Gasteiger partial charge in [0.15, 0.2) is 0 Å². The van der Waals surface area contributed by atoms with Gasteiger partial charge in [0.1, 0.15) is 16.5 Å². The van der Waals surface area contributed by atoms with Crippen LogP contribution in [0.2, 0.25) is 0 Å². The maximum Gasteiger partial charge on any atom is 0.246 e. The smallest absolute Gasteiger partial charge is 0.246 e. The largest absolute Gasteiger partial charge is 0.383 e. The summed E-state index contributed by atoms with van der Waals surface area (Å²) >= 11 is 0. The molecule has 2 aromatic heterocycles. The van der Waals surface area contributed by atoms with Crippen molar-refractivity contribution >= 4 is 21.6 Å². The molecule has 0 spiro atoms. The van der Waals surface area contributed by atoms with E-state index in [1.165, 1.54) is 23.5 Å². The molecule has 1 saturated carbocycles. The third-order valence-corrected chi connectivity index (χ3v) is 6.21. The van der Waals surface area contributed by atoms with Crippen LogP contribution in [0.3, 0.4) is 0 Å². The quantitative estimate of drug-likeness (QED) is 0.793. The van der Waals surface area contributed by atoms with Crippen LogP contribution in [-0.2, 0) is 21.2 Å². The van der Waals surface area contributed by atoms with Crippen LogP contribution in [0, 0.1) is 5.92 Å². The highest BCUT2D eigenvalue weighted by atomic mass is 32.2. The number of aromatic nitrogens is 2. The van der Waals surface area contributed by atoms with Crippen molar-refractivity contribution in [2.45, 2.75) is 31.1 Å². The number of nitrogens with two attached hydrogens (primary N) is 1. The third kappa shape index (κ3) is 4.08. The van der Waals surface area contributed by atoms with Crippen LogP contribution in [0.4, 0.5) is 5.82 Å². The van der Waals surface area contributed by atoms with Gasteiger partial charge in [-0.3, -0.25) is 9.78 Å². The lowest BCUT2D eigenvalue weighted by Crippen LogP contribution is -2.29. The molecule has 1 aliphatic carbocycles. The fourth-order valence-corrected chi connectivity index (χ4v) is 4.09. The molecule has 0 atom stereocenters. The number of carbonyl (C=O) groups excluding carboxylic acids is 1. The molecule has 8 heteroatoms. The summed E-state index contributed by atoms with van der Waals surface area (Å²) in [5.74, 6) is 0.422. The Hall–Kier alpha value is -2.32. The van der Waals surface area contributed by atoms with Crippen LogP contribution in [0.1, 0.15) is 25.5 Å². The molecule has 0 saturated heterocycles. The van der Waals surface area contributed by atoms with Crippen LogP contribution >= 0.6 is 0 Å². The number of Topliss-reactive ketones (excluding diaryl/α,β-unsaturated/α-hetero) is 1. The van der Waals surface area contributed by atoms with Crippen molar-refractivity contribution in [2.75, 3.05) is 19.3 Å². The minimum absolute atomic E-state index is 0.00285. The van der Waals surface area contributed by atoms with Crippen molar-refractivity contribution in [2.24, 2.45) is 5.92 Å². The average Bonchev–Trinajstić information content (AvgIpc) is 3.38. The predicted octanol–water partition coefficient (Wildman–Crippen LogP) is 1.89. The van der Waals surface area contributed by atoms with E-state index in [0.29, 0.717) is 23.7 Å². The SMILES string of the molecule is CC(=O)Cc1cc(-c2cnc(N)c(S(=O)(=O)N(C)CC3CC3)c2)ccn1. The Morgan fingerprint density at radius 3 is 2.65 bits per heavy atom. The van der Waals surface area contributed by atoms with Crippen molar-refractivity contribution < 1.29 is 13.2 Å². The second kappa shape index (κ2) is 7.13. The lowest BCUT2D eigenvalue weighted by atomic mass is 10.1. The highest BCUT2D eigenvalue weighted by Gasteiger charge is 2.30. The van der Waals surface area contributed by atoms with Crippen LogP contribution in [0.5, 0.6) is 0 Å². The van der Waals surface area contributed by atoms with Crippen molar-refractivity contribution in [3.05, 3.63) is 36.3 Å². The maximum absolute atomic E-state index is 12.9. The van der Waals surface area contributed by atoms with Crippen LogP contribution in [-0.4, -0.2) is 42.1 Å². The molecular weight excluding hydrogens is 352 g/mol. The van der Waals surface area contributed by atoms with Crippen LogP contribution in [0.15, 0.2) is 35.5 Å². The molecule has 26 heavy (non-hydrogen) atoms. The first-order valence-corrected chi connectivity index (χ1v) is 9.88. The van der Waals surface area contributed by atoms with E-state index in [1.54, 1.807) is 25.4 Å². The minimum Gasteiger partial charge on any atom is -0.383 e. The zero-order valence-electron chi connectivity index (χ0n) is 14.8. The van der Waals surface area contributed by atoms with Gasteiger partial charge in [0.25, 0.3) is 0 Å². The monoisotopic (exact) mass is 374 g/mol. The number of hydrogen-bond acceptors (Lipinski definition) is 6. The molecule has 0 aliphatic heterocycles. The summed E-state index contributed by atoms with van der Waals surface area (Å²) in [6.45, 7) is 1.99. The summed E-state index contributed by atoms with van der Waals surface area (Å²) in [5, 5.41) is 0. The lowest BCUT2D eigenvalue weighted by molar-refractivity contribution is -0.116. The molecule has 2 N–H and O–H groups in total. The molecule has 3 rings (SSSR count). The molecule has 1 fully saturated rings. The molecule has 0 amide bonds. The fraction of sp³-hybridized carbons (Fsp3) is 0.389. The predicted molar refractivity (Wildman–Crippen MR) is 98.8 cm³/mol.